The van der Waals surface area contributed by atoms with Crippen LogP contribution in [0.2, 0.25) is 0 Å². The summed E-state index contributed by atoms with van der Waals surface area (Å²) in [5, 5.41) is 0. The van der Waals surface area contributed by atoms with Crippen molar-refractivity contribution in [2.24, 2.45) is 0 Å². The monoisotopic (exact) mass is 160 g/mol. The summed E-state index contributed by atoms with van der Waals surface area (Å²) in [6.07, 6.45) is 5.72. The van der Waals surface area contributed by atoms with Crippen molar-refractivity contribution >= 4 is 12.9 Å². The van der Waals surface area contributed by atoms with Crippen LogP contribution in [0.1, 0.15) is 5.56 Å². The molecule has 0 radical (unpaired) electrons. The van der Waals surface area contributed by atoms with Crippen LogP contribution in [0.4, 0.5) is 0 Å². The molecule has 1 rings (SSSR count). The molecule has 0 aliphatic carbocycles. The summed E-state index contributed by atoms with van der Waals surface area (Å²) in [7, 11) is 0. The number of hydrogen-bond donors (Lipinski definition) is 0. The summed E-state index contributed by atoms with van der Waals surface area (Å²) in [6, 6.07) is 10.1. The van der Waals surface area contributed by atoms with Crippen LogP contribution in [0.25, 0.3) is 6.08 Å². The molecular formula is C11H12O. The molecule has 0 atom stereocenters. The van der Waals surface area contributed by atoms with Crippen molar-refractivity contribution in [1.82, 2.24) is 0 Å². The van der Waals surface area contributed by atoms with Crippen molar-refractivity contribution < 1.29 is 4.79 Å². The normalized spacial score (nSPS) is 8.67. The Kier molecular flexibility index (Phi) is 6.46. The largest absolute Gasteiger partial charge is 0.307 e. The van der Waals surface area contributed by atoms with Gasteiger partial charge in [0.2, 0.25) is 0 Å². The average molecular weight is 160 g/mol. The minimum absolute atomic E-state index is 1.21. The van der Waals surface area contributed by atoms with Crippen molar-refractivity contribution in [2.45, 2.75) is 0 Å². The van der Waals surface area contributed by atoms with E-state index in [9.17, 15) is 0 Å². The Morgan fingerprint density at radius 3 is 2.17 bits per heavy atom. The molecule has 1 nitrogen and oxygen atoms in total. The zero-order chi connectivity index (χ0) is 9.23. The number of allylic oxidation sites excluding steroid dienone is 2. The average Bonchev–Trinajstić information content (AvgIpc) is 2.19. The zero-order valence-corrected chi connectivity index (χ0v) is 6.94. The molecule has 0 fully saturated rings. The van der Waals surface area contributed by atoms with E-state index in [1.165, 1.54) is 5.56 Å². The van der Waals surface area contributed by atoms with E-state index in [0.717, 1.165) is 0 Å². The van der Waals surface area contributed by atoms with Gasteiger partial charge in [-0.2, -0.15) is 0 Å². The molecule has 0 bridgehead atoms. The third-order valence-electron chi connectivity index (χ3n) is 1.22. The molecule has 0 aliphatic heterocycles. The Balaban J connectivity index is 0.000000561. The van der Waals surface area contributed by atoms with Gasteiger partial charge in [-0.25, -0.2) is 0 Å². The molecule has 0 unspecified atom stereocenters. The molecule has 1 aromatic rings. The van der Waals surface area contributed by atoms with Crippen molar-refractivity contribution in [3.8, 4) is 0 Å². The lowest BCUT2D eigenvalue weighted by Gasteiger charge is -1.87. The van der Waals surface area contributed by atoms with Gasteiger partial charge in [0.15, 0.2) is 0 Å². The van der Waals surface area contributed by atoms with Gasteiger partial charge in [0.05, 0.1) is 0 Å². The second-order valence-electron chi connectivity index (χ2n) is 2.01. The van der Waals surface area contributed by atoms with Gasteiger partial charge >= 0.3 is 0 Å². The second-order valence-corrected chi connectivity index (χ2v) is 2.01. The lowest BCUT2D eigenvalue weighted by molar-refractivity contribution is -0.0979. The molecule has 0 aromatic heterocycles. The first-order valence-corrected chi connectivity index (χ1v) is 3.56. The van der Waals surface area contributed by atoms with Gasteiger partial charge in [0.1, 0.15) is 6.79 Å². The summed E-state index contributed by atoms with van der Waals surface area (Å²) in [5.41, 5.74) is 1.21. The second kappa shape index (κ2) is 7.48. The van der Waals surface area contributed by atoms with Gasteiger partial charge in [-0.1, -0.05) is 55.1 Å². The lowest BCUT2D eigenvalue weighted by Crippen LogP contribution is -1.65. The minimum Gasteiger partial charge on any atom is -0.307 e. The fraction of sp³-hybridized carbons (Fsp3) is 0. The van der Waals surface area contributed by atoms with Crippen LogP contribution in [-0.4, -0.2) is 6.79 Å². The standard InChI is InChI=1S/C10H10.CH2O/c1-2-3-7-10-8-5-4-6-9-10;1-2/h2-9H,1H2;1H2. The van der Waals surface area contributed by atoms with Crippen molar-refractivity contribution in [3.63, 3.8) is 0 Å². The van der Waals surface area contributed by atoms with E-state index >= 15 is 0 Å². The lowest BCUT2D eigenvalue weighted by atomic mass is 10.2. The van der Waals surface area contributed by atoms with E-state index in [4.69, 9.17) is 4.79 Å². The summed E-state index contributed by atoms with van der Waals surface area (Å²) in [5.74, 6) is 0. The molecule has 0 heterocycles. The third kappa shape index (κ3) is 4.23. The van der Waals surface area contributed by atoms with E-state index in [1.807, 2.05) is 37.1 Å². The highest BCUT2D eigenvalue weighted by molar-refractivity contribution is 5.50. The topological polar surface area (TPSA) is 17.1 Å². The van der Waals surface area contributed by atoms with Crippen LogP contribution < -0.4 is 0 Å². The molecule has 0 amide bonds. The number of benzene rings is 1. The van der Waals surface area contributed by atoms with E-state index in [-0.39, 0.29) is 0 Å². The Morgan fingerprint density at radius 2 is 1.67 bits per heavy atom. The van der Waals surface area contributed by atoms with Crippen LogP contribution in [0, 0.1) is 0 Å². The Morgan fingerprint density at radius 1 is 1.08 bits per heavy atom. The quantitative estimate of drug-likeness (QED) is 0.608. The number of rotatable bonds is 2. The predicted molar refractivity (Wildman–Crippen MR) is 52.8 cm³/mol. The van der Waals surface area contributed by atoms with Gasteiger partial charge < -0.3 is 4.79 Å². The number of hydrogen-bond acceptors (Lipinski definition) is 1. The molecule has 1 heteroatoms. The first-order valence-electron chi connectivity index (χ1n) is 3.56. The SMILES string of the molecule is C=CC=Cc1ccccc1.C=O. The van der Waals surface area contributed by atoms with Crippen molar-refractivity contribution in [3.05, 3.63) is 54.6 Å². The summed E-state index contributed by atoms with van der Waals surface area (Å²) >= 11 is 0. The van der Waals surface area contributed by atoms with Crippen molar-refractivity contribution in [2.75, 3.05) is 0 Å². The summed E-state index contributed by atoms with van der Waals surface area (Å²) in [6.45, 7) is 5.59. The van der Waals surface area contributed by atoms with Gasteiger partial charge in [-0.05, 0) is 5.56 Å². The molecule has 0 aliphatic rings. The Hall–Kier alpha value is -1.63. The van der Waals surface area contributed by atoms with Crippen molar-refractivity contribution in [1.29, 1.82) is 0 Å². The minimum atomic E-state index is 1.21. The van der Waals surface area contributed by atoms with Crippen LogP contribution in [0.15, 0.2) is 49.1 Å². The molecule has 0 saturated heterocycles. The first-order chi connectivity index (χ1) is 5.93. The fourth-order valence-corrected chi connectivity index (χ4v) is 0.743. The molecule has 0 spiro atoms. The maximum Gasteiger partial charge on any atom is 0.106 e. The van der Waals surface area contributed by atoms with Crippen LogP contribution >= 0.6 is 0 Å². The highest BCUT2D eigenvalue weighted by Crippen LogP contribution is 1.99. The molecule has 0 N–H and O–H groups in total. The van der Waals surface area contributed by atoms with Gasteiger partial charge in [-0.3, -0.25) is 0 Å². The van der Waals surface area contributed by atoms with E-state index in [0.29, 0.717) is 0 Å². The number of carbonyl (C=O) groups excluding carboxylic acids is 1. The maximum absolute atomic E-state index is 8.00. The van der Waals surface area contributed by atoms with E-state index < -0.39 is 0 Å². The highest BCUT2D eigenvalue weighted by atomic mass is 16.1. The summed E-state index contributed by atoms with van der Waals surface area (Å²) < 4.78 is 0. The zero-order valence-electron chi connectivity index (χ0n) is 6.94. The Bertz CT molecular complexity index is 236. The Labute approximate surface area is 73.0 Å². The first kappa shape index (κ1) is 10.4. The molecule has 62 valence electrons. The molecule has 1 aromatic carbocycles. The predicted octanol–water partition coefficient (Wildman–Crippen LogP) is 2.70. The summed E-state index contributed by atoms with van der Waals surface area (Å²) in [4.78, 5) is 8.00. The molecule has 0 saturated carbocycles. The highest BCUT2D eigenvalue weighted by Gasteiger charge is 1.78. The fourth-order valence-electron chi connectivity index (χ4n) is 0.743. The smallest absolute Gasteiger partial charge is 0.106 e. The van der Waals surface area contributed by atoms with Crippen LogP contribution in [-0.2, 0) is 4.79 Å². The maximum atomic E-state index is 8.00. The van der Waals surface area contributed by atoms with E-state index in [2.05, 4.69) is 18.7 Å². The third-order valence-corrected chi connectivity index (χ3v) is 1.22. The number of carbonyl (C=O) groups is 1. The van der Waals surface area contributed by atoms with Gasteiger partial charge in [0.25, 0.3) is 0 Å². The van der Waals surface area contributed by atoms with Gasteiger partial charge in [0, 0.05) is 0 Å². The van der Waals surface area contributed by atoms with Gasteiger partial charge in [-0.15, -0.1) is 0 Å². The van der Waals surface area contributed by atoms with E-state index in [1.54, 1.807) is 6.08 Å². The molecular weight excluding hydrogens is 148 g/mol. The van der Waals surface area contributed by atoms with Crippen LogP contribution in [0.3, 0.4) is 0 Å². The molecule has 12 heavy (non-hydrogen) atoms. The van der Waals surface area contributed by atoms with Crippen LogP contribution in [0.5, 0.6) is 0 Å².